The normalized spacial score (nSPS) is 22.3. The van der Waals surface area contributed by atoms with Crippen LogP contribution >= 0.6 is 24.0 Å². The van der Waals surface area contributed by atoms with Gasteiger partial charge < -0.3 is 20.1 Å². The second-order valence-corrected chi connectivity index (χ2v) is 5.94. The minimum atomic E-state index is -0.249. The Labute approximate surface area is 148 Å². The molecule has 0 saturated carbocycles. The van der Waals surface area contributed by atoms with Crippen molar-refractivity contribution in [1.29, 1.82) is 0 Å². The number of ether oxygens (including phenoxy) is 2. The quantitative estimate of drug-likeness (QED) is 0.873. The maximum Gasteiger partial charge on any atom is 0.225 e. The summed E-state index contributed by atoms with van der Waals surface area (Å²) in [7, 11) is 1.57. The first-order valence-corrected chi connectivity index (χ1v) is 7.83. The molecule has 3 unspecified atom stereocenters. The summed E-state index contributed by atoms with van der Waals surface area (Å²) in [4.78, 5) is 14.3. The Hall–Kier alpha value is -0.850. The summed E-state index contributed by atoms with van der Waals surface area (Å²) in [5, 5.41) is 0.658. The van der Waals surface area contributed by atoms with Gasteiger partial charge in [0.1, 0.15) is 6.10 Å². The third-order valence-electron chi connectivity index (χ3n) is 4.00. The van der Waals surface area contributed by atoms with Gasteiger partial charge in [-0.25, -0.2) is 0 Å². The minimum absolute atomic E-state index is 0. The van der Waals surface area contributed by atoms with Crippen LogP contribution in [0.25, 0.3) is 0 Å². The van der Waals surface area contributed by atoms with Crippen molar-refractivity contribution in [1.82, 2.24) is 4.90 Å². The Balaban J connectivity index is 0.00000264. The van der Waals surface area contributed by atoms with Gasteiger partial charge in [0.05, 0.1) is 31.7 Å². The van der Waals surface area contributed by atoms with Gasteiger partial charge in [0.2, 0.25) is 5.91 Å². The van der Waals surface area contributed by atoms with E-state index in [0.717, 1.165) is 5.56 Å². The van der Waals surface area contributed by atoms with Gasteiger partial charge in [-0.15, -0.1) is 12.4 Å². The molecule has 1 aromatic rings. The van der Waals surface area contributed by atoms with Gasteiger partial charge in [0, 0.05) is 24.2 Å². The van der Waals surface area contributed by atoms with Crippen LogP contribution in [0.2, 0.25) is 5.02 Å². The Bertz CT molecular complexity index is 512. The lowest BCUT2D eigenvalue weighted by Crippen LogP contribution is -2.49. The molecule has 7 heteroatoms. The number of carbonyl (C=O) groups excluding carboxylic acids is 1. The molecule has 2 rings (SSSR count). The first-order chi connectivity index (χ1) is 10.6. The Morgan fingerprint density at radius 1 is 1.52 bits per heavy atom. The first-order valence-electron chi connectivity index (χ1n) is 7.45. The van der Waals surface area contributed by atoms with Crippen LogP contribution < -0.4 is 5.73 Å². The van der Waals surface area contributed by atoms with Crippen molar-refractivity contribution >= 4 is 29.9 Å². The molecule has 23 heavy (non-hydrogen) atoms. The van der Waals surface area contributed by atoms with Crippen molar-refractivity contribution in [2.45, 2.75) is 31.6 Å². The van der Waals surface area contributed by atoms with Crippen LogP contribution in [-0.4, -0.2) is 49.8 Å². The molecule has 1 heterocycles. The number of methoxy groups -OCH3 is 1. The molecule has 130 valence electrons. The predicted molar refractivity (Wildman–Crippen MR) is 93.0 cm³/mol. The average molecular weight is 363 g/mol. The topological polar surface area (TPSA) is 64.8 Å². The van der Waals surface area contributed by atoms with E-state index in [0.29, 0.717) is 24.7 Å². The van der Waals surface area contributed by atoms with Crippen LogP contribution in [0.3, 0.4) is 0 Å². The van der Waals surface area contributed by atoms with Gasteiger partial charge in [-0.05, 0) is 13.0 Å². The summed E-state index contributed by atoms with van der Waals surface area (Å²) >= 11 is 6.23. The summed E-state index contributed by atoms with van der Waals surface area (Å²) in [6, 6.07) is 7.60. The summed E-state index contributed by atoms with van der Waals surface area (Å²) < 4.78 is 11.1. The molecular formula is C16H24Cl2N2O3. The summed E-state index contributed by atoms with van der Waals surface area (Å²) in [6.07, 6.45) is -0.166. The van der Waals surface area contributed by atoms with Gasteiger partial charge in [-0.2, -0.15) is 0 Å². The van der Waals surface area contributed by atoms with Crippen LogP contribution in [0.1, 0.15) is 25.0 Å². The van der Waals surface area contributed by atoms with E-state index in [9.17, 15) is 4.79 Å². The van der Waals surface area contributed by atoms with E-state index in [1.54, 1.807) is 7.11 Å². The molecule has 1 amide bonds. The zero-order chi connectivity index (χ0) is 16.1. The van der Waals surface area contributed by atoms with Crippen LogP contribution in [0.4, 0.5) is 0 Å². The van der Waals surface area contributed by atoms with E-state index < -0.39 is 0 Å². The zero-order valence-electron chi connectivity index (χ0n) is 13.4. The van der Waals surface area contributed by atoms with Crippen LogP contribution in [0, 0.1) is 0 Å². The van der Waals surface area contributed by atoms with Crippen molar-refractivity contribution in [3.05, 3.63) is 34.9 Å². The lowest BCUT2D eigenvalue weighted by molar-refractivity contribution is -0.146. The van der Waals surface area contributed by atoms with Crippen molar-refractivity contribution in [2.75, 3.05) is 26.8 Å². The molecular weight excluding hydrogens is 339 g/mol. The van der Waals surface area contributed by atoms with E-state index in [1.165, 1.54) is 0 Å². The number of halogens is 2. The smallest absolute Gasteiger partial charge is 0.225 e. The van der Waals surface area contributed by atoms with Gasteiger partial charge in [-0.1, -0.05) is 29.8 Å². The molecule has 1 aromatic carbocycles. The van der Waals surface area contributed by atoms with Crippen molar-refractivity contribution in [2.24, 2.45) is 5.73 Å². The average Bonchev–Trinajstić information content (AvgIpc) is 2.53. The minimum Gasteiger partial charge on any atom is -0.380 e. The highest BCUT2D eigenvalue weighted by Gasteiger charge is 2.32. The number of benzene rings is 1. The van der Waals surface area contributed by atoms with E-state index in [4.69, 9.17) is 26.8 Å². The van der Waals surface area contributed by atoms with Crippen LogP contribution in [-0.2, 0) is 14.3 Å². The highest BCUT2D eigenvalue weighted by molar-refractivity contribution is 6.31. The molecule has 0 aromatic heterocycles. The Morgan fingerprint density at radius 2 is 2.22 bits per heavy atom. The second-order valence-electron chi connectivity index (χ2n) is 5.54. The van der Waals surface area contributed by atoms with Crippen LogP contribution in [0.5, 0.6) is 0 Å². The molecule has 0 bridgehead atoms. The standard InChI is InChI=1S/C16H23ClN2O3.ClH/c1-11-10-22-15(13-5-3-4-6-14(13)17)9-19(11)16(20)7-12(8-18)21-2;/h3-6,11-12,15H,7-10,18H2,1-2H3;1H. The highest BCUT2D eigenvalue weighted by atomic mass is 35.5. The van der Waals surface area contributed by atoms with Crippen molar-refractivity contribution < 1.29 is 14.3 Å². The number of nitrogens with zero attached hydrogens (tertiary/aromatic N) is 1. The number of carbonyl (C=O) groups is 1. The van der Waals surface area contributed by atoms with E-state index in [-0.39, 0.29) is 43.0 Å². The number of hydrogen-bond acceptors (Lipinski definition) is 4. The lowest BCUT2D eigenvalue weighted by atomic mass is 10.0. The van der Waals surface area contributed by atoms with Gasteiger partial charge in [0.15, 0.2) is 0 Å². The molecule has 3 atom stereocenters. The fourth-order valence-corrected chi connectivity index (χ4v) is 2.86. The monoisotopic (exact) mass is 362 g/mol. The summed E-state index contributed by atoms with van der Waals surface area (Å²) in [6.45, 7) is 3.28. The van der Waals surface area contributed by atoms with Gasteiger partial charge in [0.25, 0.3) is 0 Å². The third-order valence-corrected chi connectivity index (χ3v) is 4.35. The Morgan fingerprint density at radius 3 is 2.83 bits per heavy atom. The molecule has 0 spiro atoms. The van der Waals surface area contributed by atoms with Gasteiger partial charge in [-0.3, -0.25) is 4.79 Å². The fourth-order valence-electron chi connectivity index (χ4n) is 2.60. The summed E-state index contributed by atoms with van der Waals surface area (Å²) in [5.74, 6) is 0.0325. The number of hydrogen-bond donors (Lipinski definition) is 1. The lowest BCUT2D eigenvalue weighted by Gasteiger charge is -2.39. The zero-order valence-corrected chi connectivity index (χ0v) is 15.0. The molecule has 1 aliphatic rings. The summed E-state index contributed by atoms with van der Waals surface area (Å²) in [5.41, 5.74) is 6.51. The number of rotatable bonds is 5. The second kappa shape index (κ2) is 9.45. The maximum atomic E-state index is 12.5. The largest absolute Gasteiger partial charge is 0.380 e. The molecule has 0 aliphatic carbocycles. The molecule has 2 N–H and O–H groups in total. The molecule has 1 saturated heterocycles. The van der Waals surface area contributed by atoms with Gasteiger partial charge >= 0.3 is 0 Å². The van der Waals surface area contributed by atoms with Crippen molar-refractivity contribution in [3.8, 4) is 0 Å². The van der Waals surface area contributed by atoms with E-state index >= 15 is 0 Å². The highest BCUT2D eigenvalue weighted by Crippen LogP contribution is 2.30. The molecule has 0 radical (unpaired) electrons. The first kappa shape index (κ1) is 20.2. The molecule has 5 nitrogen and oxygen atoms in total. The fraction of sp³-hybridized carbons (Fsp3) is 0.562. The number of nitrogens with two attached hydrogens (primary N) is 1. The predicted octanol–water partition coefficient (Wildman–Crippen LogP) is 2.41. The number of amides is 1. The third kappa shape index (κ3) is 5.06. The van der Waals surface area contributed by atoms with E-state index in [2.05, 4.69) is 0 Å². The molecule has 1 aliphatic heterocycles. The van der Waals surface area contributed by atoms with Crippen molar-refractivity contribution in [3.63, 3.8) is 0 Å². The maximum absolute atomic E-state index is 12.5. The van der Waals surface area contributed by atoms with E-state index in [1.807, 2.05) is 36.1 Å². The van der Waals surface area contributed by atoms with Crippen LogP contribution in [0.15, 0.2) is 24.3 Å². The molecule has 1 fully saturated rings. The Kier molecular flexibility index (Phi) is 8.29. The SMILES string of the molecule is COC(CN)CC(=O)N1CC(c2ccccc2Cl)OCC1C.Cl. The number of morpholine rings is 1.